The average molecular weight is 300 g/mol. The van der Waals surface area contributed by atoms with Gasteiger partial charge in [-0.1, -0.05) is 36.4 Å². The van der Waals surface area contributed by atoms with Gasteiger partial charge in [0.05, 0.1) is 6.42 Å². The standard InChI is InChI=1S/C17H16O3S/c18-17(19)10-12-5-1-3-7-15(12)20-11-14-9-13-6-2-4-8-16(13)21-14/h1-8,14H,9-11H2,(H,18,19). The quantitative estimate of drug-likeness (QED) is 0.919. The molecular formula is C17H16O3S. The summed E-state index contributed by atoms with van der Waals surface area (Å²) in [6.07, 6.45) is 0.996. The number of carbonyl (C=O) groups is 1. The second kappa shape index (κ2) is 6.22. The molecule has 2 aromatic carbocycles. The number of para-hydroxylation sites is 1. The summed E-state index contributed by atoms with van der Waals surface area (Å²) >= 11 is 1.83. The van der Waals surface area contributed by atoms with Gasteiger partial charge in [0.1, 0.15) is 12.4 Å². The van der Waals surface area contributed by atoms with Crippen molar-refractivity contribution < 1.29 is 14.6 Å². The minimum absolute atomic E-state index is 0.00575. The van der Waals surface area contributed by atoms with Crippen molar-refractivity contribution in [2.45, 2.75) is 23.0 Å². The molecule has 1 unspecified atom stereocenters. The zero-order valence-corrected chi connectivity index (χ0v) is 12.3. The smallest absolute Gasteiger partial charge is 0.307 e. The van der Waals surface area contributed by atoms with Gasteiger partial charge in [-0.25, -0.2) is 0 Å². The summed E-state index contributed by atoms with van der Waals surface area (Å²) in [6, 6.07) is 15.8. The van der Waals surface area contributed by atoms with Gasteiger partial charge in [-0.3, -0.25) is 4.79 Å². The molecule has 3 nitrogen and oxygen atoms in total. The number of ether oxygens (including phenoxy) is 1. The number of thioether (sulfide) groups is 1. The fourth-order valence-corrected chi connectivity index (χ4v) is 3.70. The molecular weight excluding hydrogens is 284 g/mol. The Balaban J connectivity index is 1.63. The van der Waals surface area contributed by atoms with Gasteiger partial charge in [0, 0.05) is 15.7 Å². The van der Waals surface area contributed by atoms with E-state index < -0.39 is 5.97 Å². The number of hydrogen-bond donors (Lipinski definition) is 1. The Hall–Kier alpha value is -1.94. The van der Waals surface area contributed by atoms with Crippen LogP contribution in [0.4, 0.5) is 0 Å². The van der Waals surface area contributed by atoms with E-state index >= 15 is 0 Å². The van der Waals surface area contributed by atoms with Crippen molar-refractivity contribution in [3.05, 3.63) is 59.7 Å². The number of rotatable bonds is 5. The molecule has 21 heavy (non-hydrogen) atoms. The van der Waals surface area contributed by atoms with Gasteiger partial charge in [0.15, 0.2) is 0 Å². The van der Waals surface area contributed by atoms with Gasteiger partial charge in [0.25, 0.3) is 0 Å². The molecule has 3 rings (SSSR count). The van der Waals surface area contributed by atoms with Gasteiger partial charge >= 0.3 is 5.97 Å². The molecule has 0 amide bonds. The van der Waals surface area contributed by atoms with E-state index in [4.69, 9.17) is 9.84 Å². The van der Waals surface area contributed by atoms with Crippen LogP contribution >= 0.6 is 11.8 Å². The molecule has 1 aliphatic rings. The van der Waals surface area contributed by atoms with E-state index in [1.165, 1.54) is 10.5 Å². The number of hydrogen-bond acceptors (Lipinski definition) is 3. The summed E-state index contributed by atoms with van der Waals surface area (Å²) in [6.45, 7) is 0.593. The van der Waals surface area contributed by atoms with E-state index in [9.17, 15) is 4.79 Å². The van der Waals surface area contributed by atoms with Crippen LogP contribution in [0.15, 0.2) is 53.4 Å². The van der Waals surface area contributed by atoms with Crippen LogP contribution in [0.25, 0.3) is 0 Å². The lowest BCUT2D eigenvalue weighted by Crippen LogP contribution is -2.14. The van der Waals surface area contributed by atoms with Gasteiger partial charge in [-0.2, -0.15) is 0 Å². The Morgan fingerprint density at radius 2 is 1.95 bits per heavy atom. The molecule has 0 fully saturated rings. The van der Waals surface area contributed by atoms with Gasteiger partial charge in [-0.15, -0.1) is 11.8 Å². The zero-order valence-electron chi connectivity index (χ0n) is 11.5. The van der Waals surface area contributed by atoms with Crippen LogP contribution < -0.4 is 4.74 Å². The van der Waals surface area contributed by atoms with Gasteiger partial charge in [0.2, 0.25) is 0 Å². The maximum atomic E-state index is 10.9. The maximum absolute atomic E-state index is 10.9. The van der Waals surface area contributed by atoms with Gasteiger partial charge < -0.3 is 9.84 Å². The van der Waals surface area contributed by atoms with Crippen LogP contribution in [0.3, 0.4) is 0 Å². The fraction of sp³-hybridized carbons (Fsp3) is 0.235. The van der Waals surface area contributed by atoms with Crippen molar-refractivity contribution in [1.82, 2.24) is 0 Å². The SMILES string of the molecule is O=C(O)Cc1ccccc1OCC1Cc2ccccc2S1. The molecule has 1 aliphatic heterocycles. The summed E-state index contributed by atoms with van der Waals surface area (Å²) in [5.74, 6) is -0.162. The molecule has 0 aromatic heterocycles. The number of benzene rings is 2. The summed E-state index contributed by atoms with van der Waals surface area (Å²) in [7, 11) is 0. The Kier molecular flexibility index (Phi) is 4.15. The third-order valence-electron chi connectivity index (χ3n) is 3.45. The second-order valence-electron chi connectivity index (χ2n) is 5.04. The van der Waals surface area contributed by atoms with E-state index in [0.717, 1.165) is 12.0 Å². The van der Waals surface area contributed by atoms with E-state index in [2.05, 4.69) is 24.3 Å². The molecule has 0 bridgehead atoms. The average Bonchev–Trinajstić information content (AvgIpc) is 2.88. The lowest BCUT2D eigenvalue weighted by atomic mass is 10.1. The predicted octanol–water partition coefficient (Wildman–Crippen LogP) is 3.41. The first-order valence-electron chi connectivity index (χ1n) is 6.89. The van der Waals surface area contributed by atoms with Crippen LogP contribution in [-0.2, 0) is 17.6 Å². The van der Waals surface area contributed by atoms with Crippen molar-refractivity contribution in [2.75, 3.05) is 6.61 Å². The van der Waals surface area contributed by atoms with E-state index in [-0.39, 0.29) is 6.42 Å². The van der Waals surface area contributed by atoms with Gasteiger partial charge in [-0.05, 0) is 24.1 Å². The normalized spacial score (nSPS) is 16.5. The lowest BCUT2D eigenvalue weighted by Gasteiger charge is -2.13. The molecule has 1 heterocycles. The third-order valence-corrected chi connectivity index (χ3v) is 4.74. The highest BCUT2D eigenvalue weighted by Gasteiger charge is 2.22. The monoisotopic (exact) mass is 300 g/mol. The molecule has 1 atom stereocenters. The lowest BCUT2D eigenvalue weighted by molar-refractivity contribution is -0.136. The summed E-state index contributed by atoms with van der Waals surface area (Å²) in [4.78, 5) is 12.2. The van der Waals surface area contributed by atoms with Crippen molar-refractivity contribution in [1.29, 1.82) is 0 Å². The van der Waals surface area contributed by atoms with Crippen LogP contribution in [0, 0.1) is 0 Å². The van der Waals surface area contributed by atoms with E-state index in [1.807, 2.05) is 30.0 Å². The Labute approximate surface area is 127 Å². The highest BCUT2D eigenvalue weighted by atomic mass is 32.2. The minimum atomic E-state index is -0.839. The highest BCUT2D eigenvalue weighted by Crippen LogP contribution is 2.37. The van der Waals surface area contributed by atoms with Crippen LogP contribution in [-0.4, -0.2) is 22.9 Å². The van der Waals surface area contributed by atoms with Crippen LogP contribution in [0.2, 0.25) is 0 Å². The first-order valence-corrected chi connectivity index (χ1v) is 7.77. The van der Waals surface area contributed by atoms with Crippen LogP contribution in [0.1, 0.15) is 11.1 Å². The number of carboxylic acids is 1. The first kappa shape index (κ1) is 14.0. The maximum Gasteiger partial charge on any atom is 0.307 e. The molecule has 4 heteroatoms. The van der Waals surface area contributed by atoms with Crippen molar-refractivity contribution in [3.8, 4) is 5.75 Å². The van der Waals surface area contributed by atoms with E-state index in [1.54, 1.807) is 6.07 Å². The Morgan fingerprint density at radius 1 is 1.19 bits per heavy atom. The highest BCUT2D eigenvalue weighted by molar-refractivity contribution is 8.00. The summed E-state index contributed by atoms with van der Waals surface area (Å²) in [5, 5.41) is 9.32. The second-order valence-corrected chi connectivity index (χ2v) is 6.38. The molecule has 1 N–H and O–H groups in total. The summed E-state index contributed by atoms with van der Waals surface area (Å²) < 4.78 is 5.87. The molecule has 0 saturated heterocycles. The molecule has 108 valence electrons. The first-order chi connectivity index (χ1) is 10.2. The molecule has 0 aliphatic carbocycles. The van der Waals surface area contributed by atoms with E-state index in [0.29, 0.717) is 17.6 Å². The van der Waals surface area contributed by atoms with Crippen molar-refractivity contribution in [3.63, 3.8) is 0 Å². The Bertz CT molecular complexity index is 629. The third kappa shape index (κ3) is 3.39. The van der Waals surface area contributed by atoms with Crippen molar-refractivity contribution in [2.24, 2.45) is 0 Å². The Morgan fingerprint density at radius 3 is 2.76 bits per heavy atom. The fourth-order valence-electron chi connectivity index (χ4n) is 2.48. The van der Waals surface area contributed by atoms with Crippen LogP contribution in [0.5, 0.6) is 5.75 Å². The number of fused-ring (bicyclic) bond motifs is 1. The minimum Gasteiger partial charge on any atom is -0.492 e. The molecule has 2 aromatic rings. The largest absolute Gasteiger partial charge is 0.492 e. The summed E-state index contributed by atoms with van der Waals surface area (Å²) in [5.41, 5.74) is 2.10. The number of carboxylic acid groups (broad SMARTS) is 1. The topological polar surface area (TPSA) is 46.5 Å². The molecule has 0 radical (unpaired) electrons. The predicted molar refractivity (Wildman–Crippen MR) is 83.1 cm³/mol. The number of aliphatic carboxylic acids is 1. The molecule has 0 saturated carbocycles. The zero-order chi connectivity index (χ0) is 14.7. The molecule has 0 spiro atoms. The van der Waals surface area contributed by atoms with Crippen molar-refractivity contribution >= 4 is 17.7 Å².